The first-order chi connectivity index (χ1) is 72.3. The van der Waals surface area contributed by atoms with Crippen molar-refractivity contribution in [1.29, 1.82) is 0 Å². The monoisotopic (exact) mass is 1870 g/mol. The molecule has 0 saturated heterocycles. The van der Waals surface area contributed by atoms with Crippen molar-refractivity contribution in [2.75, 3.05) is 0 Å². The van der Waals surface area contributed by atoms with Gasteiger partial charge >= 0.3 is 0 Å². The van der Waals surface area contributed by atoms with Crippen LogP contribution in [0, 0.1) is 0 Å². The van der Waals surface area contributed by atoms with E-state index in [9.17, 15) is 0 Å². The number of hydrogen-bond acceptors (Lipinski definition) is 6. The Morgan fingerprint density at radius 2 is 0.445 bits per heavy atom. The Bertz CT molecular complexity index is 10000. The first-order valence-corrected chi connectivity index (χ1v) is 50.5. The van der Waals surface area contributed by atoms with Gasteiger partial charge in [-0.15, -0.1) is 0 Å². The zero-order chi connectivity index (χ0) is 96.7. The summed E-state index contributed by atoms with van der Waals surface area (Å²) in [6.45, 7) is 6.49. The highest BCUT2D eigenvalue weighted by Gasteiger charge is 2.31. The molecule has 0 N–H and O–H groups in total. The first kappa shape index (κ1) is 85.2. The molecule has 0 unspecified atom stereocenters. The maximum absolute atomic E-state index is 6.45. The van der Waals surface area contributed by atoms with Crippen LogP contribution in [0.1, 0.15) is 38.2 Å². The van der Waals surface area contributed by atoms with Gasteiger partial charge in [0.25, 0.3) is 0 Å². The van der Waals surface area contributed by atoms with E-state index in [-0.39, 0.29) is 0 Å². The summed E-state index contributed by atoms with van der Waals surface area (Å²) in [5, 5.41) is 19.9. The Labute approximate surface area is 843 Å². The summed E-state index contributed by atoms with van der Waals surface area (Å²) in [5.41, 5.74) is 33.3. The molecule has 146 heavy (non-hydrogen) atoms. The standard InChI is InChI=1S/C47H32N2O.2C45H30N2O/c1-2-44-48-40-21-12-22-43-47(40)49(44)41-29-34(24-26-42(41)50-43)33-23-25-38-39(28-33)46(35-18-11-17-32(27-35)30-13-5-3-6-14-30)37-20-10-9-19-36(37)45(38)31-15-7-4-8-16-31;1-2-42-46-38-20-11-21-41-45(38)47(42)39-27-31(23-25-40(39)48-41)30-22-24-36-37(26-30)44(33-19-10-15-28-12-6-7-16-32(28)33)35-18-9-8-17-34(35)43(36)29-13-4-3-5-14-29;1-2-42-46-38-17-10-18-41-45(38)47(42)39-27-32(22-24-40(39)48-41)31-21-23-36-37(26-31)44(33-20-19-28-11-6-7-14-30(28)25-33)35-16-9-8-15-34(35)43(36)29-12-4-3-5-13-29/h3-29H,2H2,1H3;2*3-27H,2H2,1H3. The van der Waals surface area contributed by atoms with Crippen LogP contribution in [-0.2, 0) is 19.3 Å². The average Bonchev–Trinajstić information content (AvgIpc) is 1.40. The summed E-state index contributed by atoms with van der Waals surface area (Å²) in [7, 11) is 0. The maximum Gasteiger partial charge on any atom is 0.153 e. The van der Waals surface area contributed by atoms with E-state index in [2.05, 4.69) is 465 Å². The zero-order valence-electron chi connectivity index (χ0n) is 80.5. The van der Waals surface area contributed by atoms with Gasteiger partial charge in [-0.25, -0.2) is 15.0 Å². The molecule has 27 aromatic rings. The second-order valence-electron chi connectivity index (χ2n) is 38.2. The summed E-state index contributed by atoms with van der Waals surface area (Å²) < 4.78 is 26.2. The molecule has 0 atom stereocenters. The summed E-state index contributed by atoms with van der Waals surface area (Å²) in [5.74, 6) is 8.21. The van der Waals surface area contributed by atoms with Gasteiger partial charge in [0.1, 0.15) is 34.0 Å². The van der Waals surface area contributed by atoms with Gasteiger partial charge in [-0.2, -0.15) is 0 Å². The van der Waals surface area contributed by atoms with Crippen molar-refractivity contribution < 1.29 is 14.2 Å². The third kappa shape index (κ3) is 14.0. The minimum absolute atomic E-state index is 0.828. The molecule has 3 aliphatic rings. The highest BCUT2D eigenvalue weighted by atomic mass is 16.5. The van der Waals surface area contributed by atoms with Crippen molar-refractivity contribution in [3.8, 4) is 163 Å². The number of nitrogens with zero attached hydrogens (tertiary/aromatic N) is 6. The maximum atomic E-state index is 6.45. The molecule has 0 amide bonds. The van der Waals surface area contributed by atoms with Crippen LogP contribution in [0.15, 0.2) is 467 Å². The molecule has 3 aliphatic heterocycles. The number of aromatic nitrogens is 6. The number of para-hydroxylation sites is 3. The van der Waals surface area contributed by atoms with Crippen LogP contribution in [0.4, 0.5) is 0 Å². The van der Waals surface area contributed by atoms with Gasteiger partial charge < -0.3 is 14.2 Å². The lowest BCUT2D eigenvalue weighted by molar-refractivity contribution is 0.474. The van der Waals surface area contributed by atoms with E-state index in [1.807, 2.05) is 36.4 Å². The fraction of sp³-hybridized carbons (Fsp3) is 0.0438. The smallest absolute Gasteiger partial charge is 0.153 e. The highest BCUT2D eigenvalue weighted by Crippen LogP contribution is 2.54. The van der Waals surface area contributed by atoms with Crippen molar-refractivity contribution in [1.82, 2.24) is 28.7 Å². The lowest BCUT2D eigenvalue weighted by Crippen LogP contribution is -2.07. The number of benzene rings is 24. The van der Waals surface area contributed by atoms with Gasteiger partial charge in [0.2, 0.25) is 0 Å². The van der Waals surface area contributed by atoms with E-state index in [0.717, 1.165) is 155 Å². The summed E-state index contributed by atoms with van der Waals surface area (Å²) in [6.07, 6.45) is 2.49. The van der Waals surface area contributed by atoms with E-state index in [1.54, 1.807) is 0 Å². The molecule has 0 aliphatic carbocycles. The van der Waals surface area contributed by atoms with Crippen LogP contribution in [-0.4, -0.2) is 28.7 Å². The number of rotatable bonds is 13. The minimum atomic E-state index is 0.828. The van der Waals surface area contributed by atoms with Crippen molar-refractivity contribution in [3.63, 3.8) is 0 Å². The van der Waals surface area contributed by atoms with Crippen LogP contribution in [0.25, 0.3) is 248 Å². The van der Waals surface area contributed by atoms with Crippen LogP contribution in [0.2, 0.25) is 0 Å². The van der Waals surface area contributed by atoms with E-state index >= 15 is 0 Å². The van der Waals surface area contributed by atoms with Crippen molar-refractivity contribution in [2.45, 2.75) is 40.0 Å². The predicted octanol–water partition coefficient (Wildman–Crippen LogP) is 37.0. The van der Waals surface area contributed by atoms with E-state index < -0.39 is 0 Å². The fourth-order valence-electron chi connectivity index (χ4n) is 23.4. The van der Waals surface area contributed by atoms with E-state index in [4.69, 9.17) is 29.2 Å². The van der Waals surface area contributed by atoms with Crippen molar-refractivity contribution >= 4 is 119 Å². The van der Waals surface area contributed by atoms with Crippen LogP contribution in [0.3, 0.4) is 0 Å². The van der Waals surface area contributed by atoms with Gasteiger partial charge in [-0.1, -0.05) is 385 Å². The van der Waals surface area contributed by atoms with Crippen LogP contribution < -0.4 is 14.2 Å². The molecular weight excluding hydrogens is 1780 g/mol. The van der Waals surface area contributed by atoms with Crippen LogP contribution >= 0.6 is 0 Å². The number of fused-ring (bicyclic) bond motifs is 14. The molecule has 3 aromatic heterocycles. The number of aryl methyl sites for hydroxylation is 3. The molecule has 30 rings (SSSR count). The Kier molecular flexibility index (Phi) is 20.3. The fourth-order valence-corrected chi connectivity index (χ4v) is 23.4. The molecule has 0 fully saturated rings. The molecule has 6 heterocycles. The van der Waals surface area contributed by atoms with E-state index in [1.165, 1.54) is 164 Å². The zero-order valence-corrected chi connectivity index (χ0v) is 80.5. The van der Waals surface area contributed by atoms with E-state index in [0.29, 0.717) is 0 Å². The molecule has 688 valence electrons. The van der Waals surface area contributed by atoms with Crippen molar-refractivity contribution in [2.24, 2.45) is 0 Å². The van der Waals surface area contributed by atoms with Crippen LogP contribution in [0.5, 0.6) is 34.5 Å². The first-order valence-electron chi connectivity index (χ1n) is 50.5. The third-order valence-electron chi connectivity index (χ3n) is 29.9. The summed E-state index contributed by atoms with van der Waals surface area (Å²) >= 11 is 0. The molecule has 9 nitrogen and oxygen atoms in total. The second kappa shape index (κ2) is 34.8. The molecule has 9 heteroatoms. The third-order valence-corrected chi connectivity index (χ3v) is 29.9. The van der Waals surface area contributed by atoms with Gasteiger partial charge in [-0.05, 0) is 301 Å². The summed E-state index contributed by atoms with van der Waals surface area (Å²) in [6, 6.07) is 169. The van der Waals surface area contributed by atoms with Gasteiger partial charge in [0.05, 0.1) is 33.6 Å². The van der Waals surface area contributed by atoms with Crippen molar-refractivity contribution in [3.05, 3.63) is 485 Å². The van der Waals surface area contributed by atoms with Gasteiger partial charge in [0.15, 0.2) is 34.5 Å². The molecule has 0 saturated carbocycles. The largest absolute Gasteiger partial charge is 0.453 e. The average molecular weight is 1870 g/mol. The Hall–Kier alpha value is -18.8. The Morgan fingerprint density at radius 3 is 0.849 bits per heavy atom. The molecule has 0 spiro atoms. The Balaban J connectivity index is 0.000000106. The SMILES string of the molecule is CCc1nc2cccc3c2n1-c1cc(-c2ccc4c(-c5ccccc5)c5ccccc5c(-c5ccc6ccccc6c5)c4c2)ccc1O3.CCc1nc2cccc3c2n1-c1cc(-c2ccc4c(-c5ccccc5)c5ccccc5c(-c5cccc(-c6ccccc6)c5)c4c2)ccc1O3.CCc1nc2cccc3c2n1-c1cc(-c2ccc4c(-c5ccccc5)c5ccccc5c(-c5cccc6ccccc56)c4c2)ccc1O3. The Morgan fingerprint density at radius 1 is 0.171 bits per heavy atom. The molecule has 24 aromatic carbocycles. The number of ether oxygens (including phenoxy) is 3. The second-order valence-corrected chi connectivity index (χ2v) is 38.2. The topological polar surface area (TPSA) is 81.1 Å². The molecule has 0 radical (unpaired) electrons. The minimum Gasteiger partial charge on any atom is -0.453 e. The quantitative estimate of drug-likeness (QED) is 0.107. The lowest BCUT2D eigenvalue weighted by atomic mass is 9.83. The number of imidazole rings is 3. The number of hydrogen-bond donors (Lipinski definition) is 0. The molecular formula is C137H92N6O3. The highest BCUT2D eigenvalue weighted by molar-refractivity contribution is 6.27. The predicted molar refractivity (Wildman–Crippen MR) is 606 cm³/mol. The van der Waals surface area contributed by atoms with Gasteiger partial charge in [-0.3, -0.25) is 13.7 Å². The normalized spacial score (nSPS) is 12.0. The molecule has 0 bridgehead atoms. The lowest BCUT2D eigenvalue weighted by Gasteiger charge is -2.22. The van der Waals surface area contributed by atoms with Gasteiger partial charge in [0, 0.05) is 19.3 Å². The summed E-state index contributed by atoms with van der Waals surface area (Å²) in [4.78, 5) is 14.9.